The van der Waals surface area contributed by atoms with E-state index in [0.29, 0.717) is 0 Å². The Morgan fingerprint density at radius 3 is 1.61 bits per heavy atom. The smallest absolute Gasteiger partial charge is 0.239 e. The summed E-state index contributed by atoms with van der Waals surface area (Å²) >= 11 is 0. The Hall–Kier alpha value is -0.570. The number of nitrogens with one attached hydrogen (secondary N) is 1. The molecule has 0 radical (unpaired) electrons. The van der Waals surface area contributed by atoms with Crippen LogP contribution in [0.15, 0.2) is 0 Å². The maximum absolute atomic E-state index is 12.4. The summed E-state index contributed by atoms with van der Waals surface area (Å²) in [7, 11) is 0. The summed E-state index contributed by atoms with van der Waals surface area (Å²) in [5.74, 6) is 0.189. The van der Waals surface area contributed by atoms with Gasteiger partial charge in [0, 0.05) is 11.6 Å². The number of nitrogens with zero attached hydrogens (tertiary/aromatic N) is 1. The van der Waals surface area contributed by atoms with Crippen LogP contribution in [0.25, 0.3) is 0 Å². The van der Waals surface area contributed by atoms with Crippen LogP contribution in [0.1, 0.15) is 62.3 Å². The van der Waals surface area contributed by atoms with Gasteiger partial charge < -0.3 is 0 Å². The van der Waals surface area contributed by atoms with Crippen molar-refractivity contribution in [2.45, 2.75) is 73.9 Å². The first-order chi connectivity index (χ1) is 7.76. The van der Waals surface area contributed by atoms with Crippen molar-refractivity contribution >= 4 is 5.91 Å². The lowest BCUT2D eigenvalue weighted by Gasteiger charge is -2.45. The summed E-state index contributed by atoms with van der Waals surface area (Å²) < 4.78 is 0. The van der Waals surface area contributed by atoms with E-state index >= 15 is 0 Å². The molecule has 1 amide bonds. The Labute approximate surface area is 112 Å². The highest BCUT2D eigenvalue weighted by molar-refractivity contribution is 5.82. The molecule has 1 rings (SSSR count). The molecule has 0 aliphatic carbocycles. The van der Waals surface area contributed by atoms with Crippen molar-refractivity contribution in [3.63, 3.8) is 0 Å². The SMILES string of the molecule is CC(C)(C)C1C(=O)NN(C(C)(C)C)C1C(C)(C)C. The van der Waals surface area contributed by atoms with Crippen LogP contribution in [-0.2, 0) is 4.79 Å². The van der Waals surface area contributed by atoms with Crippen molar-refractivity contribution < 1.29 is 4.79 Å². The average Bonchev–Trinajstić information content (AvgIpc) is 2.39. The second kappa shape index (κ2) is 4.22. The van der Waals surface area contributed by atoms with Crippen LogP contribution in [0.2, 0.25) is 0 Å². The Bertz CT molecular complexity index is 328. The monoisotopic (exact) mass is 254 g/mol. The third kappa shape index (κ3) is 2.87. The van der Waals surface area contributed by atoms with Gasteiger partial charge in [-0.3, -0.25) is 10.2 Å². The molecular weight excluding hydrogens is 224 g/mol. The van der Waals surface area contributed by atoms with Gasteiger partial charge in [0.1, 0.15) is 0 Å². The molecule has 3 nitrogen and oxygen atoms in total. The molecule has 1 N–H and O–H groups in total. The number of hydrazine groups is 1. The minimum atomic E-state index is -0.0619. The zero-order valence-corrected chi connectivity index (χ0v) is 13.5. The van der Waals surface area contributed by atoms with Crippen LogP contribution < -0.4 is 5.43 Å². The predicted molar refractivity (Wildman–Crippen MR) is 75.9 cm³/mol. The number of amides is 1. The van der Waals surface area contributed by atoms with Crippen LogP contribution in [0.4, 0.5) is 0 Å². The lowest BCUT2D eigenvalue weighted by molar-refractivity contribution is -0.126. The van der Waals surface area contributed by atoms with E-state index < -0.39 is 0 Å². The van der Waals surface area contributed by atoms with Gasteiger partial charge in [0.05, 0.1) is 5.92 Å². The minimum absolute atomic E-state index is 0.0247. The maximum atomic E-state index is 12.4. The van der Waals surface area contributed by atoms with Crippen molar-refractivity contribution in [3.8, 4) is 0 Å². The number of hydrogen-bond donors (Lipinski definition) is 1. The highest BCUT2D eigenvalue weighted by atomic mass is 16.2. The molecule has 18 heavy (non-hydrogen) atoms. The molecule has 0 saturated carbocycles. The van der Waals surface area contributed by atoms with Gasteiger partial charge in [-0.25, -0.2) is 5.01 Å². The molecule has 0 spiro atoms. The Morgan fingerprint density at radius 1 is 0.889 bits per heavy atom. The van der Waals surface area contributed by atoms with Crippen LogP contribution in [0.3, 0.4) is 0 Å². The minimum Gasteiger partial charge on any atom is -0.288 e. The van der Waals surface area contributed by atoms with E-state index in [9.17, 15) is 4.79 Å². The molecule has 1 saturated heterocycles. The van der Waals surface area contributed by atoms with Crippen molar-refractivity contribution in [3.05, 3.63) is 0 Å². The fourth-order valence-corrected chi connectivity index (χ4v) is 2.89. The van der Waals surface area contributed by atoms with Crippen LogP contribution in [0, 0.1) is 16.7 Å². The summed E-state index contributed by atoms with van der Waals surface area (Å²) in [6, 6.07) is 0.213. The van der Waals surface area contributed by atoms with Gasteiger partial charge in [-0.15, -0.1) is 0 Å². The average molecular weight is 254 g/mol. The first-order valence-corrected chi connectivity index (χ1v) is 6.86. The van der Waals surface area contributed by atoms with Gasteiger partial charge in [0.15, 0.2) is 0 Å². The summed E-state index contributed by atoms with van der Waals surface area (Å²) in [5, 5.41) is 2.16. The third-order valence-corrected chi connectivity index (χ3v) is 3.65. The van der Waals surface area contributed by atoms with Crippen LogP contribution in [-0.4, -0.2) is 22.5 Å². The quantitative estimate of drug-likeness (QED) is 0.720. The fraction of sp³-hybridized carbons (Fsp3) is 0.933. The van der Waals surface area contributed by atoms with E-state index in [1.165, 1.54) is 0 Å². The lowest BCUT2D eigenvalue weighted by Crippen LogP contribution is -2.56. The van der Waals surface area contributed by atoms with Gasteiger partial charge in [-0.2, -0.15) is 0 Å². The summed E-state index contributed by atoms with van der Waals surface area (Å²) in [6.07, 6.45) is 0. The molecule has 0 aromatic carbocycles. The normalized spacial score (nSPS) is 27.5. The number of hydrogen-bond acceptors (Lipinski definition) is 2. The third-order valence-electron chi connectivity index (χ3n) is 3.65. The van der Waals surface area contributed by atoms with E-state index in [2.05, 4.69) is 72.7 Å². The van der Waals surface area contributed by atoms with Crippen LogP contribution in [0.5, 0.6) is 0 Å². The molecule has 3 heteroatoms. The second-order valence-electron chi connectivity index (χ2n) is 8.67. The highest BCUT2D eigenvalue weighted by Crippen LogP contribution is 2.44. The topological polar surface area (TPSA) is 32.3 Å². The first-order valence-electron chi connectivity index (χ1n) is 6.86. The van der Waals surface area contributed by atoms with Crippen molar-refractivity contribution in [1.82, 2.24) is 10.4 Å². The van der Waals surface area contributed by atoms with Crippen LogP contribution >= 0.6 is 0 Å². The fourth-order valence-electron chi connectivity index (χ4n) is 2.89. The molecule has 106 valence electrons. The molecular formula is C15H30N2O. The Balaban J connectivity index is 3.25. The van der Waals surface area contributed by atoms with Crippen molar-refractivity contribution in [2.24, 2.45) is 16.7 Å². The predicted octanol–water partition coefficient (Wildman–Crippen LogP) is 3.21. The number of carbonyl (C=O) groups excluding carboxylic acids is 1. The van der Waals surface area contributed by atoms with Crippen molar-refractivity contribution in [2.75, 3.05) is 0 Å². The Morgan fingerprint density at radius 2 is 1.33 bits per heavy atom. The highest BCUT2D eigenvalue weighted by Gasteiger charge is 2.54. The molecule has 1 heterocycles. The molecule has 0 aromatic rings. The van der Waals surface area contributed by atoms with E-state index in [-0.39, 0.29) is 34.2 Å². The number of rotatable bonds is 0. The van der Waals surface area contributed by atoms with Gasteiger partial charge in [0.2, 0.25) is 5.91 Å². The zero-order chi connectivity index (χ0) is 14.5. The van der Waals surface area contributed by atoms with E-state index in [4.69, 9.17) is 0 Å². The largest absolute Gasteiger partial charge is 0.288 e. The molecule has 1 aliphatic rings. The molecule has 2 unspecified atom stereocenters. The Kier molecular flexibility index (Phi) is 3.63. The van der Waals surface area contributed by atoms with E-state index in [1.54, 1.807) is 0 Å². The van der Waals surface area contributed by atoms with E-state index in [0.717, 1.165) is 0 Å². The molecule has 1 fully saturated rings. The molecule has 0 aromatic heterocycles. The van der Waals surface area contributed by atoms with Gasteiger partial charge >= 0.3 is 0 Å². The first kappa shape index (κ1) is 15.5. The molecule has 2 atom stereocenters. The van der Waals surface area contributed by atoms with Crippen molar-refractivity contribution in [1.29, 1.82) is 0 Å². The second-order valence-corrected chi connectivity index (χ2v) is 8.67. The maximum Gasteiger partial charge on any atom is 0.239 e. The van der Waals surface area contributed by atoms with Gasteiger partial charge in [-0.05, 0) is 31.6 Å². The summed E-state index contributed by atoms with van der Waals surface area (Å²) in [6.45, 7) is 19.6. The molecule has 0 bridgehead atoms. The summed E-state index contributed by atoms with van der Waals surface area (Å²) in [5.41, 5.74) is 3.07. The summed E-state index contributed by atoms with van der Waals surface area (Å²) in [4.78, 5) is 12.4. The lowest BCUT2D eigenvalue weighted by atomic mass is 9.68. The number of carbonyl (C=O) groups is 1. The zero-order valence-electron chi connectivity index (χ0n) is 13.5. The van der Waals surface area contributed by atoms with E-state index in [1.807, 2.05) is 0 Å². The standard InChI is InChI=1S/C15H30N2O/c1-13(2,3)10-11(14(4,5)6)17(15(7,8)9)16-12(10)18/h10-11H,1-9H3,(H,16,18). The molecule has 1 aliphatic heterocycles. The van der Waals surface area contributed by atoms with Gasteiger partial charge in [-0.1, -0.05) is 41.5 Å². The van der Waals surface area contributed by atoms with Gasteiger partial charge in [0.25, 0.3) is 0 Å².